The molecule has 0 saturated heterocycles. The average Bonchev–Trinajstić information content (AvgIpc) is 2.47. The summed E-state index contributed by atoms with van der Waals surface area (Å²) in [6, 6.07) is 12.7. The highest BCUT2D eigenvalue weighted by atomic mass is 16.3. The molecule has 1 aromatic heterocycles. The van der Waals surface area contributed by atoms with Gasteiger partial charge in [-0.1, -0.05) is 24.3 Å². The zero-order valence-corrected chi connectivity index (χ0v) is 12.4. The number of para-hydroxylation sites is 1. The molecule has 0 spiro atoms. The first kappa shape index (κ1) is 15.0. The maximum atomic E-state index is 12.4. The van der Waals surface area contributed by atoms with E-state index in [2.05, 4.69) is 4.98 Å². The van der Waals surface area contributed by atoms with Gasteiger partial charge in [0.15, 0.2) is 0 Å². The van der Waals surface area contributed by atoms with Crippen LogP contribution in [0.2, 0.25) is 0 Å². The fourth-order valence-electron chi connectivity index (χ4n) is 2.19. The molecule has 4 nitrogen and oxygen atoms in total. The Morgan fingerprint density at radius 2 is 1.95 bits per heavy atom. The van der Waals surface area contributed by atoms with Gasteiger partial charge in [0.2, 0.25) is 5.91 Å². The minimum atomic E-state index is -0.0118. The average molecular weight is 284 g/mol. The number of aryl methyl sites for hydroxylation is 1. The standard InChI is InChI=1S/C17H20N2O2/c1-3-19(12-15-9-6-7-13(2)18-15)17(21)11-14-8-4-5-10-16(14)20/h4-10,20H,3,11-12H2,1-2H3. The van der Waals surface area contributed by atoms with E-state index in [1.54, 1.807) is 23.1 Å². The normalized spacial score (nSPS) is 10.4. The first-order valence-corrected chi connectivity index (χ1v) is 7.07. The van der Waals surface area contributed by atoms with E-state index in [9.17, 15) is 9.90 Å². The smallest absolute Gasteiger partial charge is 0.227 e. The molecule has 0 atom stereocenters. The monoisotopic (exact) mass is 284 g/mol. The van der Waals surface area contributed by atoms with Crippen LogP contribution in [0.1, 0.15) is 23.9 Å². The molecule has 0 unspecified atom stereocenters. The van der Waals surface area contributed by atoms with E-state index in [-0.39, 0.29) is 18.1 Å². The van der Waals surface area contributed by atoms with E-state index in [0.717, 1.165) is 11.4 Å². The molecule has 21 heavy (non-hydrogen) atoms. The van der Waals surface area contributed by atoms with Gasteiger partial charge in [-0.3, -0.25) is 9.78 Å². The first-order chi connectivity index (χ1) is 10.1. The lowest BCUT2D eigenvalue weighted by molar-refractivity contribution is -0.130. The van der Waals surface area contributed by atoms with Gasteiger partial charge in [-0.05, 0) is 32.0 Å². The summed E-state index contributed by atoms with van der Waals surface area (Å²) in [5.74, 6) is 0.151. The molecule has 110 valence electrons. The van der Waals surface area contributed by atoms with Crippen LogP contribution in [-0.2, 0) is 17.8 Å². The van der Waals surface area contributed by atoms with Crippen molar-refractivity contribution < 1.29 is 9.90 Å². The maximum absolute atomic E-state index is 12.4. The van der Waals surface area contributed by atoms with E-state index in [1.165, 1.54) is 0 Å². The number of hydrogen-bond acceptors (Lipinski definition) is 3. The van der Waals surface area contributed by atoms with Crippen molar-refractivity contribution in [2.45, 2.75) is 26.8 Å². The van der Waals surface area contributed by atoms with Crippen LogP contribution >= 0.6 is 0 Å². The maximum Gasteiger partial charge on any atom is 0.227 e. The molecule has 0 radical (unpaired) electrons. The number of amides is 1. The Kier molecular flexibility index (Phi) is 4.93. The Morgan fingerprint density at radius 3 is 2.62 bits per heavy atom. The third kappa shape index (κ3) is 4.05. The molecule has 0 aliphatic carbocycles. The van der Waals surface area contributed by atoms with Crippen molar-refractivity contribution in [3.05, 3.63) is 59.4 Å². The number of rotatable bonds is 5. The quantitative estimate of drug-likeness (QED) is 0.918. The second-order valence-corrected chi connectivity index (χ2v) is 4.98. The molecule has 0 aliphatic heterocycles. The molecule has 2 rings (SSSR count). The number of likely N-dealkylation sites (N-methyl/N-ethyl adjacent to an activating group) is 1. The van der Waals surface area contributed by atoms with Gasteiger partial charge in [-0.15, -0.1) is 0 Å². The minimum absolute atomic E-state index is 0.0118. The van der Waals surface area contributed by atoms with Crippen molar-refractivity contribution in [2.24, 2.45) is 0 Å². The largest absolute Gasteiger partial charge is 0.508 e. The molecule has 1 heterocycles. The lowest BCUT2D eigenvalue weighted by atomic mass is 10.1. The highest BCUT2D eigenvalue weighted by Crippen LogP contribution is 2.17. The first-order valence-electron chi connectivity index (χ1n) is 7.07. The molecule has 1 aromatic carbocycles. The van der Waals surface area contributed by atoms with E-state index in [4.69, 9.17) is 0 Å². The van der Waals surface area contributed by atoms with Gasteiger partial charge < -0.3 is 10.0 Å². The fraction of sp³-hybridized carbons (Fsp3) is 0.294. The zero-order valence-electron chi connectivity index (χ0n) is 12.4. The van der Waals surface area contributed by atoms with Gasteiger partial charge in [0.1, 0.15) is 5.75 Å². The SMILES string of the molecule is CCN(Cc1cccc(C)n1)C(=O)Cc1ccccc1O. The van der Waals surface area contributed by atoms with Crippen LogP contribution in [0.15, 0.2) is 42.5 Å². The number of benzene rings is 1. The summed E-state index contributed by atoms with van der Waals surface area (Å²) < 4.78 is 0. The molecule has 0 saturated carbocycles. The van der Waals surface area contributed by atoms with Crippen molar-refractivity contribution in [2.75, 3.05) is 6.54 Å². The minimum Gasteiger partial charge on any atom is -0.508 e. The predicted molar refractivity (Wildman–Crippen MR) is 81.9 cm³/mol. The molecule has 1 amide bonds. The summed E-state index contributed by atoms with van der Waals surface area (Å²) in [5.41, 5.74) is 2.47. The van der Waals surface area contributed by atoms with E-state index < -0.39 is 0 Å². The number of pyridine rings is 1. The van der Waals surface area contributed by atoms with Crippen LogP contribution in [0, 0.1) is 6.92 Å². The molecule has 2 aromatic rings. The summed E-state index contributed by atoms with van der Waals surface area (Å²) in [4.78, 5) is 18.5. The molecule has 1 N–H and O–H groups in total. The van der Waals surface area contributed by atoms with Gasteiger partial charge in [0.05, 0.1) is 18.7 Å². The third-order valence-electron chi connectivity index (χ3n) is 3.37. The van der Waals surface area contributed by atoms with Crippen molar-refractivity contribution in [1.29, 1.82) is 0 Å². The number of nitrogens with zero attached hydrogens (tertiary/aromatic N) is 2. The molecular weight excluding hydrogens is 264 g/mol. The summed E-state index contributed by atoms with van der Waals surface area (Å²) in [7, 11) is 0. The van der Waals surface area contributed by atoms with Gasteiger partial charge in [-0.25, -0.2) is 0 Å². The Bertz CT molecular complexity index is 626. The van der Waals surface area contributed by atoms with Crippen molar-refractivity contribution in [3.63, 3.8) is 0 Å². The number of phenols is 1. The van der Waals surface area contributed by atoms with Gasteiger partial charge in [0.25, 0.3) is 0 Å². The topological polar surface area (TPSA) is 53.4 Å². The molecule has 0 fully saturated rings. The Hall–Kier alpha value is -2.36. The number of hydrogen-bond donors (Lipinski definition) is 1. The van der Waals surface area contributed by atoms with Gasteiger partial charge in [-0.2, -0.15) is 0 Å². The second kappa shape index (κ2) is 6.88. The van der Waals surface area contributed by atoms with Crippen LogP contribution in [-0.4, -0.2) is 27.4 Å². The number of aromatic hydroxyl groups is 1. The Morgan fingerprint density at radius 1 is 1.19 bits per heavy atom. The number of carbonyl (C=O) groups excluding carboxylic acids is 1. The van der Waals surface area contributed by atoms with Gasteiger partial charge in [0, 0.05) is 17.8 Å². The third-order valence-corrected chi connectivity index (χ3v) is 3.37. The Labute approximate surface area is 125 Å². The van der Waals surface area contributed by atoms with E-state index in [0.29, 0.717) is 18.7 Å². The summed E-state index contributed by atoms with van der Waals surface area (Å²) >= 11 is 0. The van der Waals surface area contributed by atoms with E-state index >= 15 is 0 Å². The van der Waals surface area contributed by atoms with E-state index in [1.807, 2.05) is 38.1 Å². The molecular formula is C17H20N2O2. The van der Waals surface area contributed by atoms with Crippen molar-refractivity contribution in [1.82, 2.24) is 9.88 Å². The van der Waals surface area contributed by atoms with Crippen molar-refractivity contribution >= 4 is 5.91 Å². The van der Waals surface area contributed by atoms with Crippen LogP contribution in [0.25, 0.3) is 0 Å². The number of carbonyl (C=O) groups is 1. The Balaban J connectivity index is 2.07. The van der Waals surface area contributed by atoms with Crippen LogP contribution in [0.4, 0.5) is 0 Å². The summed E-state index contributed by atoms with van der Waals surface area (Å²) in [6.45, 7) is 4.98. The van der Waals surface area contributed by atoms with Gasteiger partial charge >= 0.3 is 0 Å². The predicted octanol–water partition coefficient (Wildman–Crippen LogP) is 2.69. The lowest BCUT2D eigenvalue weighted by Crippen LogP contribution is -2.32. The number of phenolic OH excluding ortho intramolecular Hbond substituents is 1. The fourth-order valence-corrected chi connectivity index (χ4v) is 2.19. The zero-order chi connectivity index (χ0) is 15.2. The van der Waals surface area contributed by atoms with Crippen molar-refractivity contribution in [3.8, 4) is 5.75 Å². The molecule has 0 aliphatic rings. The summed E-state index contributed by atoms with van der Waals surface area (Å²) in [6.07, 6.45) is 0.201. The van der Waals surface area contributed by atoms with Crippen LogP contribution in [0.5, 0.6) is 5.75 Å². The lowest BCUT2D eigenvalue weighted by Gasteiger charge is -2.21. The highest BCUT2D eigenvalue weighted by Gasteiger charge is 2.15. The molecule has 0 bridgehead atoms. The van der Waals surface area contributed by atoms with Crippen LogP contribution in [0.3, 0.4) is 0 Å². The summed E-state index contributed by atoms with van der Waals surface area (Å²) in [5, 5.41) is 9.76. The second-order valence-electron chi connectivity index (χ2n) is 4.98. The number of aromatic nitrogens is 1. The van der Waals surface area contributed by atoms with Crippen LogP contribution < -0.4 is 0 Å². The highest BCUT2D eigenvalue weighted by molar-refractivity contribution is 5.79. The molecule has 4 heteroatoms.